The zero-order valence-electron chi connectivity index (χ0n) is 29.4. The van der Waals surface area contributed by atoms with E-state index < -0.39 is 0 Å². The van der Waals surface area contributed by atoms with Crippen molar-refractivity contribution in [1.82, 2.24) is 14.5 Å². The smallest absolute Gasteiger partial charge is 0.236 e. The van der Waals surface area contributed by atoms with E-state index in [2.05, 4.69) is 180 Å². The number of furan rings is 1. The van der Waals surface area contributed by atoms with E-state index in [1.165, 1.54) is 26.6 Å². The summed E-state index contributed by atoms with van der Waals surface area (Å²) in [6, 6.07) is 62.2. The first kappa shape index (κ1) is 30.4. The Labute approximate surface area is 319 Å². The molecule has 8 aromatic carbocycles. The minimum atomic E-state index is 0.617. The van der Waals surface area contributed by atoms with Gasteiger partial charge in [0.2, 0.25) is 5.95 Å². The van der Waals surface area contributed by atoms with Crippen LogP contribution in [0.5, 0.6) is 0 Å². The van der Waals surface area contributed by atoms with Crippen LogP contribution in [-0.2, 0) is 0 Å². The predicted octanol–water partition coefficient (Wildman–Crippen LogP) is 14.0. The summed E-state index contributed by atoms with van der Waals surface area (Å²) in [5.74, 6) is 0.617. The van der Waals surface area contributed by atoms with Crippen LogP contribution in [0.4, 0.5) is 0 Å². The lowest BCUT2D eigenvalue weighted by molar-refractivity contribution is 0.671. The van der Waals surface area contributed by atoms with Crippen molar-refractivity contribution in [3.8, 4) is 39.5 Å². The molecule has 4 heterocycles. The van der Waals surface area contributed by atoms with Gasteiger partial charge in [0.15, 0.2) is 5.58 Å². The maximum absolute atomic E-state index is 7.07. The summed E-state index contributed by atoms with van der Waals surface area (Å²) in [6.07, 6.45) is 0. The van der Waals surface area contributed by atoms with Crippen molar-refractivity contribution in [2.24, 2.45) is 0 Å². The van der Waals surface area contributed by atoms with Gasteiger partial charge in [-0.3, -0.25) is 4.57 Å². The Morgan fingerprint density at radius 1 is 0.455 bits per heavy atom. The molecule has 0 aliphatic heterocycles. The molecule has 0 spiro atoms. The number of fused-ring (bicyclic) bond motifs is 13. The van der Waals surface area contributed by atoms with Gasteiger partial charge in [-0.2, -0.15) is 0 Å². The lowest BCUT2D eigenvalue weighted by atomic mass is 9.98. The fraction of sp³-hybridized carbons (Fsp3) is 0. The van der Waals surface area contributed by atoms with Gasteiger partial charge in [-0.25, -0.2) is 9.97 Å². The SMILES string of the molecule is c1ccc(-c2ccc(-c3nc(-n4c5ccccc5c5c6ccccc6c6c7ccc(-c8ccccc8)cc7oc6c54)nc4c3sc3ccccc34)cc2)cc1. The molecule has 0 fully saturated rings. The molecule has 0 saturated carbocycles. The summed E-state index contributed by atoms with van der Waals surface area (Å²) in [6.45, 7) is 0. The third kappa shape index (κ3) is 4.51. The van der Waals surface area contributed by atoms with Crippen molar-refractivity contribution in [2.75, 3.05) is 0 Å². The van der Waals surface area contributed by atoms with E-state index in [0.29, 0.717) is 5.95 Å². The van der Waals surface area contributed by atoms with Crippen LogP contribution in [0.1, 0.15) is 0 Å². The van der Waals surface area contributed by atoms with Gasteiger partial charge >= 0.3 is 0 Å². The van der Waals surface area contributed by atoms with Crippen molar-refractivity contribution in [3.05, 3.63) is 176 Å². The molecule has 55 heavy (non-hydrogen) atoms. The number of para-hydroxylation sites is 1. The van der Waals surface area contributed by atoms with Crippen LogP contribution in [0.25, 0.3) is 114 Å². The van der Waals surface area contributed by atoms with Gasteiger partial charge in [-0.15, -0.1) is 11.3 Å². The Hall–Kier alpha value is -7.08. The summed E-state index contributed by atoms with van der Waals surface area (Å²) < 4.78 is 11.6. The van der Waals surface area contributed by atoms with Gasteiger partial charge in [0.1, 0.15) is 11.1 Å². The number of benzene rings is 8. The highest BCUT2D eigenvalue weighted by Gasteiger charge is 2.25. The van der Waals surface area contributed by atoms with Crippen molar-refractivity contribution in [2.45, 2.75) is 0 Å². The van der Waals surface area contributed by atoms with Crippen LogP contribution < -0.4 is 0 Å². The van der Waals surface area contributed by atoms with Gasteiger partial charge in [0.05, 0.1) is 21.4 Å². The average molecular weight is 720 g/mol. The Bertz CT molecular complexity index is 3470. The second kappa shape index (κ2) is 11.7. The molecule has 0 bridgehead atoms. The molecule has 0 amide bonds. The monoisotopic (exact) mass is 719 g/mol. The van der Waals surface area contributed by atoms with E-state index in [1.807, 2.05) is 0 Å². The first-order valence-electron chi connectivity index (χ1n) is 18.5. The number of nitrogens with zero attached hydrogens (tertiary/aromatic N) is 3. The number of hydrogen-bond donors (Lipinski definition) is 0. The van der Waals surface area contributed by atoms with Crippen LogP contribution in [0, 0.1) is 0 Å². The molecule has 256 valence electrons. The molecular weight excluding hydrogens is 691 g/mol. The molecule has 12 aromatic rings. The highest BCUT2D eigenvalue weighted by Crippen LogP contribution is 2.47. The Morgan fingerprint density at radius 2 is 1.04 bits per heavy atom. The Balaban J connectivity index is 1.20. The third-order valence-corrected chi connectivity index (χ3v) is 12.2. The first-order chi connectivity index (χ1) is 27.3. The van der Waals surface area contributed by atoms with Crippen molar-refractivity contribution < 1.29 is 4.42 Å². The molecule has 4 nitrogen and oxygen atoms in total. The van der Waals surface area contributed by atoms with Crippen molar-refractivity contribution >= 4 is 86.2 Å². The molecular formula is C50H29N3OS. The molecule has 0 unspecified atom stereocenters. The van der Waals surface area contributed by atoms with Crippen LogP contribution in [0.2, 0.25) is 0 Å². The van der Waals surface area contributed by atoms with Crippen molar-refractivity contribution in [3.63, 3.8) is 0 Å². The third-order valence-electron chi connectivity index (χ3n) is 11.0. The normalized spacial score (nSPS) is 12.0. The number of rotatable bonds is 4. The Morgan fingerprint density at radius 3 is 1.80 bits per heavy atom. The Kier molecular flexibility index (Phi) is 6.47. The van der Waals surface area contributed by atoms with Gasteiger partial charge < -0.3 is 4.42 Å². The van der Waals surface area contributed by atoms with Gasteiger partial charge in [-0.1, -0.05) is 152 Å². The van der Waals surface area contributed by atoms with E-state index >= 15 is 0 Å². The fourth-order valence-corrected chi connectivity index (χ4v) is 9.67. The van der Waals surface area contributed by atoms with Gasteiger partial charge in [0.25, 0.3) is 0 Å². The standard InChI is InChI=1S/C50H29N3OS/c1-3-13-30(14-4-1)32-23-25-33(26-24-32)45-49-46(39-20-10-12-22-42(39)55-49)52-50(51-45)53-40-21-11-9-19-37(40)43-35-17-7-8-18-36(35)44-38-28-27-34(31-15-5-2-6-16-31)29-41(38)54-48(44)47(43)53/h1-29H. The molecule has 0 saturated heterocycles. The molecule has 4 aromatic heterocycles. The highest BCUT2D eigenvalue weighted by atomic mass is 32.1. The maximum Gasteiger partial charge on any atom is 0.236 e. The van der Waals surface area contributed by atoms with E-state index in [-0.39, 0.29) is 0 Å². The zero-order valence-corrected chi connectivity index (χ0v) is 30.2. The molecule has 5 heteroatoms. The number of thiophene rings is 1. The van der Waals surface area contributed by atoms with Gasteiger partial charge in [-0.05, 0) is 57.3 Å². The quantitative estimate of drug-likeness (QED) is 0.182. The lowest BCUT2D eigenvalue weighted by Gasteiger charge is -2.11. The van der Waals surface area contributed by atoms with Crippen LogP contribution in [0.3, 0.4) is 0 Å². The molecule has 0 aliphatic carbocycles. The topological polar surface area (TPSA) is 43.9 Å². The summed E-state index contributed by atoms with van der Waals surface area (Å²) >= 11 is 1.75. The fourth-order valence-electron chi connectivity index (χ4n) is 8.52. The molecule has 0 radical (unpaired) electrons. The minimum Gasteiger partial charge on any atom is -0.454 e. The van der Waals surface area contributed by atoms with Crippen LogP contribution >= 0.6 is 11.3 Å². The molecule has 0 atom stereocenters. The second-order valence-corrected chi connectivity index (χ2v) is 15.1. The lowest BCUT2D eigenvalue weighted by Crippen LogP contribution is -2.03. The first-order valence-corrected chi connectivity index (χ1v) is 19.3. The van der Waals surface area contributed by atoms with E-state index in [9.17, 15) is 0 Å². The largest absolute Gasteiger partial charge is 0.454 e. The second-order valence-electron chi connectivity index (χ2n) is 14.1. The summed E-state index contributed by atoms with van der Waals surface area (Å²) in [4.78, 5) is 11.0. The predicted molar refractivity (Wildman–Crippen MR) is 230 cm³/mol. The van der Waals surface area contributed by atoms with E-state index in [0.717, 1.165) is 81.7 Å². The minimum absolute atomic E-state index is 0.617. The van der Waals surface area contributed by atoms with Gasteiger partial charge in [0, 0.05) is 37.2 Å². The summed E-state index contributed by atoms with van der Waals surface area (Å²) in [5, 5.41) is 7.92. The van der Waals surface area contributed by atoms with Crippen molar-refractivity contribution in [1.29, 1.82) is 0 Å². The van der Waals surface area contributed by atoms with Crippen LogP contribution in [0.15, 0.2) is 180 Å². The highest BCUT2D eigenvalue weighted by molar-refractivity contribution is 7.26. The maximum atomic E-state index is 7.07. The van der Waals surface area contributed by atoms with E-state index in [1.54, 1.807) is 11.3 Å². The molecule has 12 rings (SSSR count). The van der Waals surface area contributed by atoms with E-state index in [4.69, 9.17) is 14.4 Å². The number of hydrogen-bond acceptors (Lipinski definition) is 4. The van der Waals surface area contributed by atoms with Crippen LogP contribution in [-0.4, -0.2) is 14.5 Å². The molecule has 0 N–H and O–H groups in total. The average Bonchev–Trinajstić information content (AvgIpc) is 3.94. The molecule has 0 aliphatic rings. The summed E-state index contributed by atoms with van der Waals surface area (Å²) in [5.41, 5.74) is 11.2. The number of aromatic nitrogens is 3. The summed E-state index contributed by atoms with van der Waals surface area (Å²) in [7, 11) is 0. The zero-order chi connectivity index (χ0) is 36.0.